The second kappa shape index (κ2) is 5.70. The van der Waals surface area contributed by atoms with Crippen LogP contribution in [0.2, 0.25) is 6.04 Å². The summed E-state index contributed by atoms with van der Waals surface area (Å²) < 4.78 is 0. The summed E-state index contributed by atoms with van der Waals surface area (Å²) in [5, 5.41) is 0.313. The maximum absolute atomic E-state index is 4.05. The SMILES string of the molecule is CCC(C)(C)C[SiH](Br)C(C)(C)c1ccccc1. The van der Waals surface area contributed by atoms with E-state index in [0.717, 1.165) is 0 Å². The lowest BCUT2D eigenvalue weighted by Gasteiger charge is -2.35. The normalized spacial score (nSPS) is 14.7. The summed E-state index contributed by atoms with van der Waals surface area (Å²) in [6, 6.07) is 12.3. The van der Waals surface area contributed by atoms with E-state index in [1.165, 1.54) is 18.0 Å². The lowest BCUT2D eigenvalue weighted by Crippen LogP contribution is -2.36. The van der Waals surface area contributed by atoms with E-state index in [1.807, 2.05) is 0 Å². The Morgan fingerprint density at radius 3 is 2.06 bits per heavy atom. The van der Waals surface area contributed by atoms with Crippen LogP contribution in [0.3, 0.4) is 0 Å². The van der Waals surface area contributed by atoms with Gasteiger partial charge in [-0.25, -0.2) is 0 Å². The van der Waals surface area contributed by atoms with Crippen molar-refractivity contribution in [3.8, 4) is 0 Å². The molecule has 17 heavy (non-hydrogen) atoms. The highest BCUT2D eigenvalue weighted by molar-refractivity contribution is 9.24. The summed E-state index contributed by atoms with van der Waals surface area (Å²) in [6.07, 6.45) is 1.26. The highest BCUT2D eigenvalue weighted by atomic mass is 79.9. The fourth-order valence-corrected chi connectivity index (χ4v) is 7.68. The van der Waals surface area contributed by atoms with Crippen LogP contribution in [0.25, 0.3) is 0 Å². The van der Waals surface area contributed by atoms with Crippen LogP contribution in [0, 0.1) is 5.41 Å². The van der Waals surface area contributed by atoms with E-state index in [9.17, 15) is 0 Å². The van der Waals surface area contributed by atoms with Crippen molar-refractivity contribution in [3.63, 3.8) is 0 Å². The molecule has 0 bridgehead atoms. The van der Waals surface area contributed by atoms with Crippen LogP contribution in [0.15, 0.2) is 30.3 Å². The summed E-state index contributed by atoms with van der Waals surface area (Å²) in [4.78, 5) is 0. The third-order valence-corrected chi connectivity index (χ3v) is 11.8. The van der Waals surface area contributed by atoms with Gasteiger partial charge in [0.15, 0.2) is 0 Å². The van der Waals surface area contributed by atoms with E-state index < -0.39 is 7.42 Å². The molecule has 0 aliphatic heterocycles. The van der Waals surface area contributed by atoms with Crippen LogP contribution in [-0.4, -0.2) is 7.42 Å². The summed E-state index contributed by atoms with van der Waals surface area (Å²) in [7, 11) is -0.968. The van der Waals surface area contributed by atoms with Crippen molar-refractivity contribution in [2.75, 3.05) is 0 Å². The Morgan fingerprint density at radius 1 is 1.06 bits per heavy atom. The van der Waals surface area contributed by atoms with Crippen LogP contribution >= 0.6 is 15.3 Å². The first kappa shape index (κ1) is 15.0. The third-order valence-electron chi connectivity index (χ3n) is 3.99. The summed E-state index contributed by atoms with van der Waals surface area (Å²) >= 11 is 4.05. The van der Waals surface area contributed by atoms with Gasteiger partial charge in [0, 0.05) is 0 Å². The van der Waals surface area contributed by atoms with Crippen molar-refractivity contribution in [3.05, 3.63) is 35.9 Å². The van der Waals surface area contributed by atoms with E-state index in [4.69, 9.17) is 0 Å². The number of hydrogen-bond donors (Lipinski definition) is 0. The van der Waals surface area contributed by atoms with Gasteiger partial charge in [0.25, 0.3) is 0 Å². The van der Waals surface area contributed by atoms with E-state index in [2.05, 4.69) is 80.2 Å². The van der Waals surface area contributed by atoms with Crippen LogP contribution in [-0.2, 0) is 5.04 Å². The molecule has 96 valence electrons. The van der Waals surface area contributed by atoms with Crippen molar-refractivity contribution in [1.82, 2.24) is 0 Å². The highest BCUT2D eigenvalue weighted by Crippen LogP contribution is 2.37. The molecule has 2 heteroatoms. The fraction of sp³-hybridized carbons (Fsp3) is 0.600. The molecule has 1 aromatic rings. The molecule has 0 fully saturated rings. The van der Waals surface area contributed by atoms with Crippen LogP contribution in [0.4, 0.5) is 0 Å². The van der Waals surface area contributed by atoms with Crippen LogP contribution in [0.1, 0.15) is 46.6 Å². The van der Waals surface area contributed by atoms with E-state index >= 15 is 0 Å². The van der Waals surface area contributed by atoms with Crippen LogP contribution in [0.5, 0.6) is 0 Å². The molecule has 0 spiro atoms. The van der Waals surface area contributed by atoms with Gasteiger partial charge in [-0.2, -0.15) is 0 Å². The molecule has 0 aliphatic rings. The van der Waals surface area contributed by atoms with Crippen molar-refractivity contribution in [2.24, 2.45) is 5.41 Å². The van der Waals surface area contributed by atoms with Crippen molar-refractivity contribution in [2.45, 2.75) is 52.1 Å². The van der Waals surface area contributed by atoms with Gasteiger partial charge in [-0.15, -0.1) is 15.3 Å². The molecular weight excluding hydrogens is 288 g/mol. The molecule has 1 rings (SSSR count). The monoisotopic (exact) mass is 312 g/mol. The zero-order valence-corrected chi connectivity index (χ0v) is 14.5. The minimum atomic E-state index is -0.968. The van der Waals surface area contributed by atoms with Gasteiger partial charge in [0.05, 0.1) is 0 Å². The minimum absolute atomic E-state index is 0.313. The Morgan fingerprint density at radius 2 is 1.59 bits per heavy atom. The predicted octanol–water partition coefficient (Wildman–Crippen LogP) is 5.06. The molecule has 0 radical (unpaired) electrons. The molecule has 0 amide bonds. The summed E-state index contributed by atoms with van der Waals surface area (Å²) in [6.45, 7) is 11.8. The van der Waals surface area contributed by atoms with Gasteiger partial charge < -0.3 is 0 Å². The molecule has 0 heterocycles. The van der Waals surface area contributed by atoms with E-state index in [0.29, 0.717) is 10.5 Å². The van der Waals surface area contributed by atoms with Crippen molar-refractivity contribution >= 4 is 22.7 Å². The average Bonchev–Trinajstić information content (AvgIpc) is 2.29. The van der Waals surface area contributed by atoms with Gasteiger partial charge in [0.2, 0.25) is 0 Å². The Labute approximate surface area is 116 Å². The second-order valence-electron chi connectivity index (χ2n) is 6.28. The number of hydrogen-bond acceptors (Lipinski definition) is 0. The largest absolute Gasteiger partial charge is 0.130 e. The predicted molar refractivity (Wildman–Crippen MR) is 84.4 cm³/mol. The average molecular weight is 313 g/mol. The zero-order valence-electron chi connectivity index (χ0n) is 11.8. The zero-order chi connectivity index (χ0) is 13.1. The number of rotatable bonds is 5. The minimum Gasteiger partial charge on any atom is -0.130 e. The molecule has 0 saturated heterocycles. The first-order valence-electron chi connectivity index (χ1n) is 6.49. The van der Waals surface area contributed by atoms with Gasteiger partial charge in [-0.05, 0) is 22.1 Å². The molecule has 0 saturated carbocycles. The summed E-state index contributed by atoms with van der Waals surface area (Å²) in [5.74, 6) is 0. The first-order chi connectivity index (χ1) is 7.79. The second-order valence-corrected chi connectivity index (χ2v) is 12.4. The van der Waals surface area contributed by atoms with Crippen LogP contribution < -0.4 is 0 Å². The first-order valence-corrected chi connectivity index (χ1v) is 11.1. The van der Waals surface area contributed by atoms with Gasteiger partial charge in [0.1, 0.15) is 7.42 Å². The Hall–Kier alpha value is -0.0831. The maximum atomic E-state index is 4.05. The smallest absolute Gasteiger partial charge is 0.125 e. The fourth-order valence-electron chi connectivity index (χ4n) is 1.93. The summed E-state index contributed by atoms with van der Waals surface area (Å²) in [5.41, 5.74) is 1.94. The molecule has 0 aliphatic carbocycles. The maximum Gasteiger partial charge on any atom is 0.125 e. The molecule has 0 nitrogen and oxygen atoms in total. The quantitative estimate of drug-likeness (QED) is 0.526. The van der Waals surface area contributed by atoms with Gasteiger partial charge >= 0.3 is 0 Å². The van der Waals surface area contributed by atoms with Gasteiger partial charge in [-0.1, -0.05) is 71.4 Å². The van der Waals surface area contributed by atoms with E-state index in [-0.39, 0.29) is 0 Å². The lowest BCUT2D eigenvalue weighted by atomic mass is 9.93. The Balaban J connectivity index is 2.84. The molecule has 1 atom stereocenters. The molecule has 1 aromatic carbocycles. The number of halogens is 1. The number of benzene rings is 1. The van der Waals surface area contributed by atoms with Crippen molar-refractivity contribution in [1.29, 1.82) is 0 Å². The molecular formula is C15H25BrSi. The molecule has 0 N–H and O–H groups in total. The molecule has 0 aromatic heterocycles. The molecule has 1 unspecified atom stereocenters. The Kier molecular flexibility index (Phi) is 5.03. The Bertz CT molecular complexity index is 343. The van der Waals surface area contributed by atoms with E-state index in [1.54, 1.807) is 0 Å². The van der Waals surface area contributed by atoms with Crippen molar-refractivity contribution < 1.29 is 0 Å². The standard InChI is InChI=1S/C15H25BrSi/c1-6-14(2,3)12-17(16)15(4,5)13-10-8-7-9-11-13/h7-11,17H,6,12H2,1-5H3. The lowest BCUT2D eigenvalue weighted by molar-refractivity contribution is 0.392. The topological polar surface area (TPSA) is 0 Å². The highest BCUT2D eigenvalue weighted by Gasteiger charge is 2.34. The van der Waals surface area contributed by atoms with Gasteiger partial charge in [-0.3, -0.25) is 0 Å². The third kappa shape index (κ3) is 3.96.